The number of aromatic nitrogens is 2. The van der Waals surface area contributed by atoms with Crippen molar-refractivity contribution >= 4 is 11.7 Å². The van der Waals surface area contributed by atoms with Gasteiger partial charge in [-0.05, 0) is 17.7 Å². The normalized spacial score (nSPS) is 14.9. The molecule has 0 unspecified atom stereocenters. The lowest BCUT2D eigenvalue weighted by Gasteiger charge is -2.24. The fraction of sp³-hybridized carbons (Fsp3) is 0.0952. The Kier molecular flexibility index (Phi) is 4.85. The number of allylic oxidation sites excluding steroid dienone is 1. The monoisotopic (exact) mass is 417 g/mol. The summed E-state index contributed by atoms with van der Waals surface area (Å²) in [6.07, 6.45) is 0. The van der Waals surface area contributed by atoms with E-state index in [9.17, 15) is 20.2 Å². The second-order valence-corrected chi connectivity index (χ2v) is 6.66. The predicted octanol–water partition coefficient (Wildman–Crippen LogP) is 2.99. The number of nitro benzene ring substituents is 1. The van der Waals surface area contributed by atoms with Gasteiger partial charge in [0.05, 0.1) is 34.8 Å². The van der Waals surface area contributed by atoms with Gasteiger partial charge in [0.25, 0.3) is 5.69 Å². The molecule has 1 aromatic heterocycles. The average molecular weight is 417 g/mol. The number of nitrogens with one attached hydrogen (secondary N) is 1. The Morgan fingerprint density at radius 1 is 1.32 bits per heavy atom. The molecule has 0 amide bonds. The summed E-state index contributed by atoms with van der Waals surface area (Å²) in [5.74, 6) is -1.16. The Morgan fingerprint density at radius 2 is 2.06 bits per heavy atom. The Balaban J connectivity index is 1.88. The van der Waals surface area contributed by atoms with Crippen LogP contribution in [0.2, 0.25) is 0 Å². The molecule has 0 saturated heterocycles. The third-order valence-electron chi connectivity index (χ3n) is 4.95. The number of nitro groups is 1. The SMILES string of the molecule is COC(=O)c1ccc(-c2[nH]nc3c2[C@@H](c2cccc([N+](=O)[O-])c2)C(C#N)=C(N)O3)cc1. The Morgan fingerprint density at radius 3 is 2.71 bits per heavy atom. The third kappa shape index (κ3) is 3.34. The lowest BCUT2D eigenvalue weighted by atomic mass is 9.83. The highest BCUT2D eigenvalue weighted by molar-refractivity contribution is 5.90. The summed E-state index contributed by atoms with van der Waals surface area (Å²) in [7, 11) is 1.29. The van der Waals surface area contributed by atoms with Gasteiger partial charge in [-0.15, -0.1) is 5.10 Å². The van der Waals surface area contributed by atoms with E-state index in [1.54, 1.807) is 36.4 Å². The van der Waals surface area contributed by atoms with E-state index in [2.05, 4.69) is 10.2 Å². The Bertz CT molecular complexity index is 1270. The van der Waals surface area contributed by atoms with Crippen LogP contribution in [0.15, 0.2) is 60.0 Å². The van der Waals surface area contributed by atoms with Crippen molar-refractivity contribution in [1.82, 2.24) is 10.2 Å². The maximum Gasteiger partial charge on any atom is 0.337 e. The molecule has 2 heterocycles. The minimum Gasteiger partial charge on any atom is -0.465 e. The molecule has 2 aromatic carbocycles. The van der Waals surface area contributed by atoms with Crippen molar-refractivity contribution in [3.05, 3.63) is 86.8 Å². The number of hydrogen-bond donors (Lipinski definition) is 2. The van der Waals surface area contributed by atoms with Gasteiger partial charge < -0.3 is 15.2 Å². The highest BCUT2D eigenvalue weighted by atomic mass is 16.6. The molecule has 0 radical (unpaired) electrons. The van der Waals surface area contributed by atoms with E-state index in [-0.39, 0.29) is 23.0 Å². The molecule has 10 nitrogen and oxygen atoms in total. The quantitative estimate of drug-likeness (QED) is 0.372. The number of benzene rings is 2. The maximum absolute atomic E-state index is 11.7. The average Bonchev–Trinajstić information content (AvgIpc) is 3.20. The number of non-ortho nitro benzene ring substituents is 1. The second kappa shape index (κ2) is 7.64. The molecule has 1 atom stereocenters. The second-order valence-electron chi connectivity index (χ2n) is 6.66. The largest absolute Gasteiger partial charge is 0.465 e. The first-order valence-corrected chi connectivity index (χ1v) is 9.03. The van der Waals surface area contributed by atoms with Crippen molar-refractivity contribution in [2.75, 3.05) is 7.11 Å². The van der Waals surface area contributed by atoms with Crippen molar-refractivity contribution in [3.8, 4) is 23.2 Å². The highest BCUT2D eigenvalue weighted by Crippen LogP contribution is 2.46. The third-order valence-corrected chi connectivity index (χ3v) is 4.95. The van der Waals surface area contributed by atoms with Crippen molar-refractivity contribution in [3.63, 3.8) is 0 Å². The molecular weight excluding hydrogens is 402 g/mol. The van der Waals surface area contributed by atoms with E-state index in [1.165, 1.54) is 19.2 Å². The van der Waals surface area contributed by atoms with Crippen LogP contribution >= 0.6 is 0 Å². The maximum atomic E-state index is 11.7. The van der Waals surface area contributed by atoms with Crippen LogP contribution in [0.4, 0.5) is 5.69 Å². The van der Waals surface area contributed by atoms with Crippen LogP contribution in [0.5, 0.6) is 5.88 Å². The molecule has 10 heteroatoms. The van der Waals surface area contributed by atoms with Gasteiger partial charge in [-0.3, -0.25) is 15.2 Å². The summed E-state index contributed by atoms with van der Waals surface area (Å²) in [5.41, 5.74) is 8.51. The summed E-state index contributed by atoms with van der Waals surface area (Å²) in [6.45, 7) is 0. The van der Waals surface area contributed by atoms with E-state index < -0.39 is 16.8 Å². The predicted molar refractivity (Wildman–Crippen MR) is 108 cm³/mol. The molecule has 1 aliphatic heterocycles. The van der Waals surface area contributed by atoms with Gasteiger partial charge in [0.15, 0.2) is 0 Å². The number of nitriles is 1. The molecule has 0 fully saturated rings. The zero-order valence-electron chi connectivity index (χ0n) is 16.2. The molecule has 4 rings (SSSR count). The van der Waals surface area contributed by atoms with Crippen LogP contribution in [0, 0.1) is 21.4 Å². The number of ether oxygens (including phenoxy) is 2. The Labute approximate surface area is 175 Å². The fourth-order valence-corrected chi connectivity index (χ4v) is 3.51. The fourth-order valence-electron chi connectivity index (χ4n) is 3.51. The van der Waals surface area contributed by atoms with Crippen molar-refractivity contribution in [2.45, 2.75) is 5.92 Å². The number of carbonyl (C=O) groups excluding carboxylic acids is 1. The first kappa shape index (κ1) is 19.7. The van der Waals surface area contributed by atoms with E-state index in [0.29, 0.717) is 27.9 Å². The summed E-state index contributed by atoms with van der Waals surface area (Å²) >= 11 is 0. The van der Waals surface area contributed by atoms with Crippen molar-refractivity contribution < 1.29 is 19.2 Å². The van der Waals surface area contributed by atoms with E-state index >= 15 is 0 Å². The van der Waals surface area contributed by atoms with Crippen LogP contribution < -0.4 is 10.5 Å². The van der Waals surface area contributed by atoms with Gasteiger partial charge in [-0.25, -0.2) is 4.79 Å². The first-order valence-electron chi connectivity index (χ1n) is 9.03. The lowest BCUT2D eigenvalue weighted by Crippen LogP contribution is -2.21. The van der Waals surface area contributed by atoms with Crippen LogP contribution in [-0.2, 0) is 4.74 Å². The van der Waals surface area contributed by atoms with Gasteiger partial charge in [0, 0.05) is 17.7 Å². The van der Waals surface area contributed by atoms with Crippen molar-refractivity contribution in [2.24, 2.45) is 5.73 Å². The number of esters is 1. The molecule has 0 aliphatic carbocycles. The van der Waals surface area contributed by atoms with E-state index in [4.69, 9.17) is 15.2 Å². The molecule has 31 heavy (non-hydrogen) atoms. The van der Waals surface area contributed by atoms with Crippen LogP contribution in [-0.4, -0.2) is 28.2 Å². The highest BCUT2D eigenvalue weighted by Gasteiger charge is 2.36. The summed E-state index contributed by atoms with van der Waals surface area (Å²) in [5, 5.41) is 28.1. The number of rotatable bonds is 4. The lowest BCUT2D eigenvalue weighted by molar-refractivity contribution is -0.384. The molecule has 3 N–H and O–H groups in total. The molecule has 0 bridgehead atoms. The summed E-state index contributed by atoms with van der Waals surface area (Å²) in [4.78, 5) is 22.5. The number of nitrogens with two attached hydrogens (primary N) is 1. The van der Waals surface area contributed by atoms with Gasteiger partial charge in [-0.1, -0.05) is 24.3 Å². The molecule has 1 aliphatic rings. The Hall–Kier alpha value is -4.65. The topological polar surface area (TPSA) is 157 Å². The van der Waals surface area contributed by atoms with Crippen LogP contribution in [0.25, 0.3) is 11.3 Å². The minimum atomic E-state index is -0.734. The molecule has 3 aromatic rings. The number of methoxy groups -OCH3 is 1. The minimum absolute atomic E-state index is 0.113. The van der Waals surface area contributed by atoms with Gasteiger partial charge in [0.2, 0.25) is 11.8 Å². The number of hydrogen-bond acceptors (Lipinski definition) is 8. The summed E-state index contributed by atoms with van der Waals surface area (Å²) in [6, 6.07) is 14.6. The number of nitrogens with zero attached hydrogens (tertiary/aromatic N) is 3. The zero-order valence-corrected chi connectivity index (χ0v) is 16.2. The number of fused-ring (bicyclic) bond motifs is 1. The molecule has 154 valence electrons. The van der Waals surface area contributed by atoms with Gasteiger partial charge in [0.1, 0.15) is 11.6 Å². The van der Waals surface area contributed by atoms with E-state index in [0.717, 1.165) is 0 Å². The first-order chi connectivity index (χ1) is 14.9. The smallest absolute Gasteiger partial charge is 0.337 e. The van der Waals surface area contributed by atoms with Crippen LogP contribution in [0.3, 0.4) is 0 Å². The molecular formula is C21H15N5O5. The number of aromatic amines is 1. The van der Waals surface area contributed by atoms with Crippen LogP contribution in [0.1, 0.15) is 27.4 Å². The number of H-pyrrole nitrogens is 1. The zero-order chi connectivity index (χ0) is 22.1. The van der Waals surface area contributed by atoms with Gasteiger partial charge >= 0.3 is 5.97 Å². The summed E-state index contributed by atoms with van der Waals surface area (Å²) < 4.78 is 10.2. The van der Waals surface area contributed by atoms with Gasteiger partial charge in [-0.2, -0.15) is 5.26 Å². The molecule has 0 saturated carbocycles. The number of carbonyl (C=O) groups is 1. The standard InChI is InChI=1S/C21H15N5O5/c1-30-21(27)12-7-5-11(6-8-12)18-17-16(13-3-2-4-14(9-13)26(28)29)15(10-22)19(23)31-20(17)25-24-18/h2-9,16H,23H2,1H3,(H,24,25)/t16-/m0/s1. The molecule has 0 spiro atoms. The van der Waals surface area contributed by atoms with Crippen molar-refractivity contribution in [1.29, 1.82) is 5.26 Å². The van der Waals surface area contributed by atoms with E-state index in [1.807, 2.05) is 6.07 Å².